The van der Waals surface area contributed by atoms with Crippen LogP contribution < -0.4 is 20.7 Å². The van der Waals surface area contributed by atoms with Crippen molar-refractivity contribution in [3.8, 4) is 23.2 Å². The van der Waals surface area contributed by atoms with E-state index in [0.717, 1.165) is 50.8 Å². The molecule has 0 bridgehead atoms. The Bertz CT molecular complexity index is 1730. The number of anilines is 3. The first kappa shape index (κ1) is 32.8. The third-order valence-electron chi connectivity index (χ3n) is 8.90. The van der Waals surface area contributed by atoms with Gasteiger partial charge >= 0.3 is 0 Å². The van der Waals surface area contributed by atoms with Gasteiger partial charge in [-0.3, -0.25) is 9.69 Å². The normalized spacial score (nSPS) is 20.7. The van der Waals surface area contributed by atoms with Gasteiger partial charge in [0.05, 0.1) is 36.9 Å². The molecule has 14 heteroatoms. The zero-order chi connectivity index (χ0) is 33.8. The zero-order valence-electron chi connectivity index (χ0n) is 27.0. The number of aromatic nitrogens is 3. The Hall–Kier alpha value is -5.13. The van der Waals surface area contributed by atoms with Gasteiger partial charge in [-0.15, -0.1) is 0 Å². The van der Waals surface area contributed by atoms with E-state index in [1.54, 1.807) is 25.1 Å². The predicted octanol–water partition coefficient (Wildman–Crippen LogP) is 3.26. The lowest BCUT2D eigenvalue weighted by molar-refractivity contribution is -0.130. The molecule has 1 amide bonds. The summed E-state index contributed by atoms with van der Waals surface area (Å²) in [6.07, 6.45) is -0.740. The van der Waals surface area contributed by atoms with E-state index in [-0.39, 0.29) is 47.8 Å². The first-order valence-corrected chi connectivity index (χ1v) is 16.0. The molecule has 2 aromatic carbocycles. The molecule has 4 heterocycles. The zero-order valence-corrected chi connectivity index (χ0v) is 27.0. The topological polar surface area (TPSA) is 170 Å². The van der Waals surface area contributed by atoms with Crippen molar-refractivity contribution in [3.63, 3.8) is 0 Å². The molecule has 3 fully saturated rings. The number of ether oxygens (including phenoxy) is 2. The van der Waals surface area contributed by atoms with E-state index >= 15 is 4.39 Å². The lowest BCUT2D eigenvalue weighted by Gasteiger charge is -2.43. The fourth-order valence-corrected chi connectivity index (χ4v) is 6.17. The molecule has 13 nitrogen and oxygen atoms in total. The largest absolute Gasteiger partial charge is 0.486 e. The van der Waals surface area contributed by atoms with Crippen molar-refractivity contribution in [1.29, 1.82) is 10.7 Å². The Balaban J connectivity index is 1.07. The van der Waals surface area contributed by atoms with Gasteiger partial charge < -0.3 is 35.7 Å². The number of nitriles is 1. The molecule has 4 N–H and O–H groups in total. The molecule has 3 saturated heterocycles. The Morgan fingerprint density at radius 1 is 1.10 bits per heavy atom. The van der Waals surface area contributed by atoms with Gasteiger partial charge in [-0.2, -0.15) is 10.2 Å². The van der Waals surface area contributed by atoms with Crippen LogP contribution in [0.3, 0.4) is 0 Å². The van der Waals surface area contributed by atoms with E-state index in [9.17, 15) is 10.1 Å². The van der Waals surface area contributed by atoms with Crippen LogP contribution in [0.1, 0.15) is 25.8 Å². The average molecular weight is 655 g/mol. The highest BCUT2D eigenvalue weighted by Gasteiger charge is 2.35. The summed E-state index contributed by atoms with van der Waals surface area (Å²) in [4.78, 5) is 32.2. The van der Waals surface area contributed by atoms with Crippen molar-refractivity contribution in [2.45, 2.75) is 38.6 Å². The summed E-state index contributed by atoms with van der Waals surface area (Å²) in [6.45, 7) is 8.73. The summed E-state index contributed by atoms with van der Waals surface area (Å²) in [5, 5.41) is 21.0. The van der Waals surface area contributed by atoms with Crippen LogP contribution in [0.15, 0.2) is 60.1 Å². The van der Waals surface area contributed by atoms with E-state index in [1.165, 1.54) is 18.2 Å². The summed E-state index contributed by atoms with van der Waals surface area (Å²) >= 11 is 0. The molecule has 0 aliphatic carbocycles. The molecule has 0 spiro atoms. The Labute approximate surface area is 278 Å². The minimum Gasteiger partial charge on any atom is -0.486 e. The third-order valence-corrected chi connectivity index (χ3v) is 8.90. The van der Waals surface area contributed by atoms with E-state index < -0.39 is 18.2 Å². The number of likely N-dealkylation sites (tertiary alicyclic amines) is 1. The number of piperazine rings is 1. The maximum absolute atomic E-state index is 15.2. The number of rotatable bonds is 9. The molecule has 6 rings (SSSR count). The quantitative estimate of drug-likeness (QED) is 0.229. The second kappa shape index (κ2) is 14.3. The van der Waals surface area contributed by atoms with Crippen molar-refractivity contribution < 1.29 is 18.7 Å². The number of carbonyl (C=O) groups is 1. The Morgan fingerprint density at radius 2 is 1.85 bits per heavy atom. The van der Waals surface area contributed by atoms with E-state index in [4.69, 9.17) is 20.6 Å². The second-order valence-corrected chi connectivity index (χ2v) is 12.2. The van der Waals surface area contributed by atoms with Gasteiger partial charge in [0.1, 0.15) is 24.3 Å². The van der Waals surface area contributed by atoms with Gasteiger partial charge in [0.25, 0.3) is 5.91 Å². The highest BCUT2D eigenvalue weighted by atomic mass is 19.1. The maximum atomic E-state index is 15.2. The molecular formula is C34H39FN10O3. The third kappa shape index (κ3) is 7.22. The highest BCUT2D eigenvalue weighted by molar-refractivity contribution is 6.20. The molecule has 250 valence electrons. The predicted molar refractivity (Wildman–Crippen MR) is 179 cm³/mol. The molecule has 48 heavy (non-hydrogen) atoms. The summed E-state index contributed by atoms with van der Waals surface area (Å²) in [5.74, 6) is 0.468. The summed E-state index contributed by atoms with van der Waals surface area (Å²) in [7, 11) is 0. The highest BCUT2D eigenvalue weighted by Crippen LogP contribution is 2.29. The molecule has 3 aliphatic heterocycles. The molecule has 0 saturated carbocycles. The SMILES string of the molecule is CC(=N)/C(C(=O)N1CC[C@H](Oc2ccc(-c3ncnc(Nc4ccc(N5CCN(C6COC6)CC5)cc4)n3)cc2C#N)[C@H](F)C1)=C(/C)N. The van der Waals surface area contributed by atoms with Gasteiger partial charge in [0.15, 0.2) is 12.0 Å². The molecular weight excluding hydrogens is 615 g/mol. The second-order valence-electron chi connectivity index (χ2n) is 12.2. The van der Waals surface area contributed by atoms with Crippen LogP contribution in [0.25, 0.3) is 11.4 Å². The van der Waals surface area contributed by atoms with Gasteiger partial charge in [-0.25, -0.2) is 14.4 Å². The van der Waals surface area contributed by atoms with Gasteiger partial charge in [-0.1, -0.05) is 0 Å². The first-order valence-electron chi connectivity index (χ1n) is 16.0. The molecule has 0 unspecified atom stereocenters. The molecule has 3 aliphatic rings. The van der Waals surface area contributed by atoms with Gasteiger partial charge in [0, 0.05) is 67.5 Å². The number of halogens is 1. The summed E-state index contributed by atoms with van der Waals surface area (Å²) < 4.78 is 26.5. The number of allylic oxidation sites excluding steroid dienone is 1. The minimum atomic E-state index is -1.50. The number of carbonyl (C=O) groups excluding carboxylic acids is 1. The van der Waals surface area contributed by atoms with Crippen LogP contribution in [-0.2, 0) is 9.53 Å². The van der Waals surface area contributed by atoms with Crippen molar-refractivity contribution in [3.05, 3.63) is 65.6 Å². The van der Waals surface area contributed by atoms with Crippen molar-refractivity contribution in [2.75, 3.05) is 62.7 Å². The number of benzene rings is 2. The monoisotopic (exact) mass is 654 g/mol. The van der Waals surface area contributed by atoms with E-state index in [0.29, 0.717) is 23.4 Å². The number of piperidine rings is 1. The number of nitrogens with two attached hydrogens (primary N) is 1. The van der Waals surface area contributed by atoms with Crippen LogP contribution in [-0.4, -0.2) is 107 Å². The number of nitrogens with zero attached hydrogens (tertiary/aromatic N) is 7. The van der Waals surface area contributed by atoms with Gasteiger partial charge in [0.2, 0.25) is 5.95 Å². The van der Waals surface area contributed by atoms with Crippen LogP contribution in [0.4, 0.5) is 21.7 Å². The fraction of sp³-hybridized carbons (Fsp3) is 0.412. The van der Waals surface area contributed by atoms with E-state index in [2.05, 4.69) is 48.3 Å². The van der Waals surface area contributed by atoms with Crippen LogP contribution >= 0.6 is 0 Å². The number of amides is 1. The van der Waals surface area contributed by atoms with Crippen LogP contribution in [0.5, 0.6) is 5.75 Å². The van der Waals surface area contributed by atoms with Crippen LogP contribution in [0, 0.1) is 16.7 Å². The minimum absolute atomic E-state index is 0.0305. The standard InChI is InChI=1S/C34H39FN10O3/c1-21(37)31(22(2)38)33(46)45-10-9-30(28(35)17-45)48-29-8-3-23(15-24(29)16-36)32-39-20-40-34(42-32)41-25-4-6-26(7-5-25)43-11-13-44(14-12-43)27-18-47-19-27/h3-8,15,20,27-28,30,37H,9-14,17-19,38H2,1-2H3,(H,39,40,41,42)/b31-22+,37-21?/t28-,30+/m1/s1. The maximum Gasteiger partial charge on any atom is 0.257 e. The van der Waals surface area contributed by atoms with Crippen molar-refractivity contribution in [1.82, 2.24) is 24.8 Å². The number of nitrogens with one attached hydrogen (secondary N) is 2. The van der Waals surface area contributed by atoms with Crippen LogP contribution in [0.2, 0.25) is 0 Å². The summed E-state index contributed by atoms with van der Waals surface area (Å²) in [5.41, 5.74) is 8.90. The fourth-order valence-electron chi connectivity index (χ4n) is 6.17. The number of hydrogen-bond acceptors (Lipinski definition) is 12. The molecule has 1 aromatic heterocycles. The first-order chi connectivity index (χ1) is 23.2. The summed E-state index contributed by atoms with van der Waals surface area (Å²) in [6, 6.07) is 15.8. The lowest BCUT2D eigenvalue weighted by Crippen LogP contribution is -2.56. The average Bonchev–Trinajstić information content (AvgIpc) is 3.05. The lowest BCUT2D eigenvalue weighted by atomic mass is 10.0. The number of alkyl halides is 1. The van der Waals surface area contributed by atoms with Crippen molar-refractivity contribution >= 4 is 28.9 Å². The molecule has 0 radical (unpaired) electrons. The molecule has 3 aromatic rings. The van der Waals surface area contributed by atoms with Crippen molar-refractivity contribution in [2.24, 2.45) is 5.73 Å². The smallest absolute Gasteiger partial charge is 0.257 e. The molecule has 2 atom stereocenters. The van der Waals surface area contributed by atoms with E-state index in [1.807, 2.05) is 12.1 Å². The number of hydrogen-bond donors (Lipinski definition) is 3. The Morgan fingerprint density at radius 3 is 2.48 bits per heavy atom. The Kier molecular flexibility index (Phi) is 9.79. The van der Waals surface area contributed by atoms with Gasteiger partial charge in [-0.05, 0) is 56.3 Å².